The van der Waals surface area contributed by atoms with Crippen LogP contribution in [-0.2, 0) is 11.3 Å². The van der Waals surface area contributed by atoms with E-state index < -0.39 is 5.97 Å². The summed E-state index contributed by atoms with van der Waals surface area (Å²) >= 11 is 5.01. The zero-order chi connectivity index (χ0) is 10.6. The Balaban J connectivity index is 2.52. The molecule has 0 atom stereocenters. The molecule has 0 fully saturated rings. The van der Waals surface area contributed by atoms with Crippen molar-refractivity contribution in [1.82, 2.24) is 4.90 Å². The van der Waals surface area contributed by atoms with Crippen molar-refractivity contribution in [2.75, 3.05) is 13.1 Å². The number of aliphatic carboxylic acids is 1. The molecule has 14 heavy (non-hydrogen) atoms. The highest BCUT2D eigenvalue weighted by Gasteiger charge is 2.09. The molecule has 78 valence electrons. The molecule has 0 aliphatic rings. The number of carbonyl (C=O) groups is 1. The van der Waals surface area contributed by atoms with Crippen LogP contribution in [0.4, 0.5) is 0 Å². The predicted molar refractivity (Wildman–Crippen MR) is 60.6 cm³/mol. The maximum atomic E-state index is 10.5. The van der Waals surface area contributed by atoms with E-state index in [-0.39, 0.29) is 6.54 Å². The first kappa shape index (κ1) is 11.7. The Morgan fingerprint density at radius 2 is 2.43 bits per heavy atom. The van der Waals surface area contributed by atoms with Gasteiger partial charge in [0.25, 0.3) is 0 Å². The van der Waals surface area contributed by atoms with E-state index in [0.29, 0.717) is 6.54 Å². The van der Waals surface area contributed by atoms with Crippen LogP contribution in [0, 0.1) is 0 Å². The second-order valence-electron chi connectivity index (χ2n) is 2.93. The molecule has 1 rings (SSSR count). The third-order valence-electron chi connectivity index (χ3n) is 1.81. The second kappa shape index (κ2) is 5.48. The number of carboxylic acid groups (broad SMARTS) is 1. The van der Waals surface area contributed by atoms with Crippen molar-refractivity contribution in [1.29, 1.82) is 0 Å². The topological polar surface area (TPSA) is 40.5 Å². The first-order valence-electron chi connectivity index (χ1n) is 4.29. The van der Waals surface area contributed by atoms with Crippen LogP contribution in [0.25, 0.3) is 0 Å². The minimum absolute atomic E-state index is 0.103. The van der Waals surface area contributed by atoms with Crippen LogP contribution in [-0.4, -0.2) is 29.1 Å². The van der Waals surface area contributed by atoms with Crippen LogP contribution in [0.15, 0.2) is 15.9 Å². The van der Waals surface area contributed by atoms with E-state index in [1.54, 1.807) is 11.3 Å². The number of hydrogen-bond acceptors (Lipinski definition) is 3. The quantitative estimate of drug-likeness (QED) is 0.899. The summed E-state index contributed by atoms with van der Waals surface area (Å²) in [6, 6.07) is 2.02. The molecule has 1 aromatic rings. The average Bonchev–Trinajstić information content (AvgIpc) is 2.49. The molecule has 1 heterocycles. The normalized spacial score (nSPS) is 10.8. The molecule has 0 radical (unpaired) electrons. The molecule has 0 bridgehead atoms. The number of thiophene rings is 1. The van der Waals surface area contributed by atoms with Gasteiger partial charge in [-0.25, -0.2) is 0 Å². The molecular weight excluding hydrogens is 266 g/mol. The van der Waals surface area contributed by atoms with Crippen molar-refractivity contribution in [2.45, 2.75) is 13.5 Å². The Bertz CT molecular complexity index is 314. The fraction of sp³-hybridized carbons (Fsp3) is 0.444. The molecule has 0 aliphatic carbocycles. The van der Waals surface area contributed by atoms with E-state index in [0.717, 1.165) is 11.0 Å². The third kappa shape index (κ3) is 3.77. The van der Waals surface area contributed by atoms with Crippen molar-refractivity contribution in [3.63, 3.8) is 0 Å². The van der Waals surface area contributed by atoms with Crippen LogP contribution < -0.4 is 0 Å². The number of nitrogens with zero attached hydrogens (tertiary/aromatic N) is 1. The highest BCUT2D eigenvalue weighted by molar-refractivity contribution is 9.10. The Kier molecular flexibility index (Phi) is 4.57. The van der Waals surface area contributed by atoms with Gasteiger partial charge in [0.15, 0.2) is 0 Å². The zero-order valence-electron chi connectivity index (χ0n) is 7.86. The fourth-order valence-electron chi connectivity index (χ4n) is 1.13. The summed E-state index contributed by atoms with van der Waals surface area (Å²) in [5.74, 6) is -0.775. The maximum absolute atomic E-state index is 10.5. The van der Waals surface area contributed by atoms with Gasteiger partial charge < -0.3 is 5.11 Å². The van der Waals surface area contributed by atoms with E-state index in [2.05, 4.69) is 15.9 Å². The van der Waals surface area contributed by atoms with Crippen molar-refractivity contribution >= 4 is 33.2 Å². The lowest BCUT2D eigenvalue weighted by atomic mass is 10.4. The molecule has 0 unspecified atom stereocenters. The summed E-state index contributed by atoms with van der Waals surface area (Å²) < 4.78 is 1.06. The van der Waals surface area contributed by atoms with Crippen LogP contribution >= 0.6 is 27.3 Å². The zero-order valence-corrected chi connectivity index (χ0v) is 10.3. The van der Waals surface area contributed by atoms with E-state index in [1.165, 1.54) is 4.88 Å². The summed E-state index contributed by atoms with van der Waals surface area (Å²) in [5, 5.41) is 10.7. The average molecular weight is 278 g/mol. The van der Waals surface area contributed by atoms with Crippen molar-refractivity contribution in [2.24, 2.45) is 0 Å². The predicted octanol–water partition coefficient (Wildman–Crippen LogP) is 2.42. The lowest BCUT2D eigenvalue weighted by molar-refractivity contribution is -0.138. The number of carboxylic acids is 1. The fourth-order valence-corrected chi connectivity index (χ4v) is 2.62. The van der Waals surface area contributed by atoms with Gasteiger partial charge in [-0.2, -0.15) is 0 Å². The van der Waals surface area contributed by atoms with Crippen molar-refractivity contribution < 1.29 is 9.90 Å². The summed E-state index contributed by atoms with van der Waals surface area (Å²) in [4.78, 5) is 13.6. The van der Waals surface area contributed by atoms with E-state index in [1.807, 2.05) is 23.3 Å². The molecule has 1 N–H and O–H groups in total. The Hall–Kier alpha value is -0.390. The number of halogens is 1. The number of hydrogen-bond donors (Lipinski definition) is 1. The lowest BCUT2D eigenvalue weighted by Gasteiger charge is -2.16. The van der Waals surface area contributed by atoms with Gasteiger partial charge in [0.05, 0.1) is 6.54 Å². The second-order valence-corrected chi connectivity index (χ2v) is 4.84. The smallest absolute Gasteiger partial charge is 0.317 e. The summed E-state index contributed by atoms with van der Waals surface area (Å²) in [6.45, 7) is 3.53. The van der Waals surface area contributed by atoms with Crippen LogP contribution in [0.5, 0.6) is 0 Å². The molecule has 0 aliphatic heterocycles. The summed E-state index contributed by atoms with van der Waals surface area (Å²) in [7, 11) is 0. The molecule has 0 amide bonds. The Morgan fingerprint density at radius 3 is 2.86 bits per heavy atom. The minimum Gasteiger partial charge on any atom is -0.480 e. The van der Waals surface area contributed by atoms with Crippen LogP contribution in [0.2, 0.25) is 0 Å². The van der Waals surface area contributed by atoms with Gasteiger partial charge in [-0.15, -0.1) is 11.3 Å². The van der Waals surface area contributed by atoms with Crippen LogP contribution in [0.1, 0.15) is 11.8 Å². The third-order valence-corrected chi connectivity index (χ3v) is 3.49. The molecular formula is C9H12BrNO2S. The van der Waals surface area contributed by atoms with Gasteiger partial charge in [0, 0.05) is 21.3 Å². The SMILES string of the molecule is CCN(CC(=O)O)Cc1cc(Br)cs1. The molecule has 5 heteroatoms. The van der Waals surface area contributed by atoms with Crippen molar-refractivity contribution in [3.05, 3.63) is 20.8 Å². The van der Waals surface area contributed by atoms with Gasteiger partial charge >= 0.3 is 5.97 Å². The van der Waals surface area contributed by atoms with E-state index >= 15 is 0 Å². The molecule has 3 nitrogen and oxygen atoms in total. The first-order valence-corrected chi connectivity index (χ1v) is 5.96. The summed E-state index contributed by atoms with van der Waals surface area (Å²) in [6.07, 6.45) is 0. The summed E-state index contributed by atoms with van der Waals surface area (Å²) in [5.41, 5.74) is 0. The van der Waals surface area contributed by atoms with E-state index in [4.69, 9.17) is 5.11 Å². The minimum atomic E-state index is -0.775. The van der Waals surface area contributed by atoms with Gasteiger partial charge in [-0.05, 0) is 28.5 Å². The van der Waals surface area contributed by atoms with Gasteiger partial charge in [-0.1, -0.05) is 6.92 Å². The Labute approximate surface area is 95.5 Å². The highest BCUT2D eigenvalue weighted by atomic mass is 79.9. The van der Waals surface area contributed by atoms with Gasteiger partial charge in [0.2, 0.25) is 0 Å². The molecule has 0 spiro atoms. The number of likely N-dealkylation sites (N-methyl/N-ethyl adjacent to an activating group) is 1. The number of rotatable bonds is 5. The monoisotopic (exact) mass is 277 g/mol. The lowest BCUT2D eigenvalue weighted by Crippen LogP contribution is -2.28. The highest BCUT2D eigenvalue weighted by Crippen LogP contribution is 2.20. The van der Waals surface area contributed by atoms with E-state index in [9.17, 15) is 4.79 Å². The Morgan fingerprint density at radius 1 is 1.71 bits per heavy atom. The molecule has 0 saturated heterocycles. The van der Waals surface area contributed by atoms with Gasteiger partial charge in [-0.3, -0.25) is 9.69 Å². The largest absolute Gasteiger partial charge is 0.480 e. The van der Waals surface area contributed by atoms with Crippen LogP contribution in [0.3, 0.4) is 0 Å². The maximum Gasteiger partial charge on any atom is 0.317 e. The molecule has 1 aromatic heterocycles. The first-order chi connectivity index (χ1) is 6.61. The standard InChI is InChI=1S/C9H12BrNO2S/c1-2-11(5-9(12)13)4-8-3-7(10)6-14-8/h3,6H,2,4-5H2,1H3,(H,12,13). The van der Waals surface area contributed by atoms with Gasteiger partial charge in [0.1, 0.15) is 0 Å². The molecule has 0 saturated carbocycles. The molecule has 0 aromatic carbocycles. The van der Waals surface area contributed by atoms with Crippen molar-refractivity contribution in [3.8, 4) is 0 Å².